The molecule has 0 spiro atoms. The Bertz CT molecular complexity index is 463. The minimum atomic E-state index is 0.0782. The Balaban J connectivity index is 1.89. The summed E-state index contributed by atoms with van der Waals surface area (Å²) < 4.78 is 0. The van der Waals surface area contributed by atoms with Gasteiger partial charge in [-0.1, -0.05) is 36.4 Å². The molecule has 2 atom stereocenters. The molecule has 1 fully saturated rings. The minimum absolute atomic E-state index is 0.0782. The summed E-state index contributed by atoms with van der Waals surface area (Å²) >= 11 is 0. The molecule has 2 unspecified atom stereocenters. The van der Waals surface area contributed by atoms with Crippen LogP contribution in [-0.2, 0) is 4.79 Å². The van der Waals surface area contributed by atoms with E-state index in [1.54, 1.807) is 6.20 Å². The van der Waals surface area contributed by atoms with Gasteiger partial charge in [0.05, 0.1) is 5.92 Å². The lowest BCUT2D eigenvalue weighted by Gasteiger charge is -2.35. The van der Waals surface area contributed by atoms with Crippen LogP contribution in [0.3, 0.4) is 0 Å². The van der Waals surface area contributed by atoms with E-state index in [0.717, 1.165) is 25.9 Å². The van der Waals surface area contributed by atoms with Crippen LogP contribution in [0.1, 0.15) is 24.3 Å². The molecule has 1 aromatic carbocycles. The van der Waals surface area contributed by atoms with Crippen molar-refractivity contribution in [1.29, 1.82) is 0 Å². The first-order valence-electron chi connectivity index (χ1n) is 7.09. The first-order chi connectivity index (χ1) is 9.36. The molecular weight excluding hydrogens is 236 g/mol. The van der Waals surface area contributed by atoms with Crippen LogP contribution in [0.5, 0.6) is 0 Å². The van der Waals surface area contributed by atoms with Crippen molar-refractivity contribution in [1.82, 2.24) is 10.6 Å². The van der Waals surface area contributed by atoms with Crippen LogP contribution in [0.4, 0.5) is 0 Å². The van der Waals surface area contributed by atoms with E-state index in [1.807, 2.05) is 6.07 Å². The number of amides is 1. The molecule has 0 aromatic heterocycles. The maximum Gasteiger partial charge on any atom is 0.228 e. The molecule has 1 saturated heterocycles. The molecule has 3 rings (SSSR count). The number of nitrogens with one attached hydrogen (secondary N) is 2. The fraction of sp³-hybridized carbons (Fsp3) is 0.438. The second kappa shape index (κ2) is 5.57. The van der Waals surface area contributed by atoms with Crippen molar-refractivity contribution >= 4 is 5.91 Å². The predicted molar refractivity (Wildman–Crippen MR) is 75.5 cm³/mol. The van der Waals surface area contributed by atoms with Gasteiger partial charge >= 0.3 is 0 Å². The molecule has 0 saturated carbocycles. The standard InChI is InChI=1S/C16H20N2O/c19-16-15(13-6-9-17-10-7-13)14(8-11-18-16)12-4-2-1-3-5-12/h1-5,8,11,13-15,17H,6-7,9-10H2,(H,18,19). The van der Waals surface area contributed by atoms with E-state index in [-0.39, 0.29) is 17.7 Å². The van der Waals surface area contributed by atoms with Gasteiger partial charge in [0.15, 0.2) is 0 Å². The van der Waals surface area contributed by atoms with E-state index in [0.29, 0.717) is 5.92 Å². The summed E-state index contributed by atoms with van der Waals surface area (Å²) in [5.41, 5.74) is 1.25. The van der Waals surface area contributed by atoms with E-state index in [4.69, 9.17) is 0 Å². The van der Waals surface area contributed by atoms with Crippen molar-refractivity contribution in [3.8, 4) is 0 Å². The smallest absolute Gasteiger partial charge is 0.228 e. The van der Waals surface area contributed by atoms with Gasteiger partial charge in [-0.3, -0.25) is 4.79 Å². The fourth-order valence-electron chi connectivity index (χ4n) is 3.32. The highest BCUT2D eigenvalue weighted by molar-refractivity contribution is 5.82. The van der Waals surface area contributed by atoms with Crippen molar-refractivity contribution in [2.24, 2.45) is 11.8 Å². The number of hydrogen-bond acceptors (Lipinski definition) is 2. The zero-order chi connectivity index (χ0) is 13.1. The quantitative estimate of drug-likeness (QED) is 0.850. The minimum Gasteiger partial charge on any atom is -0.333 e. The average molecular weight is 256 g/mol. The summed E-state index contributed by atoms with van der Waals surface area (Å²) in [4.78, 5) is 12.3. The molecule has 2 aliphatic heterocycles. The monoisotopic (exact) mass is 256 g/mol. The second-order valence-electron chi connectivity index (χ2n) is 5.42. The zero-order valence-electron chi connectivity index (χ0n) is 11.0. The van der Waals surface area contributed by atoms with E-state index >= 15 is 0 Å². The number of hydrogen-bond donors (Lipinski definition) is 2. The molecule has 0 aliphatic carbocycles. The van der Waals surface area contributed by atoms with Crippen molar-refractivity contribution in [3.63, 3.8) is 0 Å². The summed E-state index contributed by atoms with van der Waals surface area (Å²) in [5.74, 6) is 0.965. The van der Waals surface area contributed by atoms with Gasteiger partial charge in [0.1, 0.15) is 0 Å². The molecule has 1 amide bonds. The van der Waals surface area contributed by atoms with Gasteiger partial charge in [0.2, 0.25) is 5.91 Å². The molecule has 2 N–H and O–H groups in total. The number of piperidine rings is 1. The van der Waals surface area contributed by atoms with Crippen LogP contribution in [0.15, 0.2) is 42.6 Å². The van der Waals surface area contributed by atoms with Gasteiger partial charge in [-0.15, -0.1) is 0 Å². The van der Waals surface area contributed by atoms with Gasteiger partial charge < -0.3 is 10.6 Å². The van der Waals surface area contributed by atoms with Crippen LogP contribution < -0.4 is 10.6 Å². The number of rotatable bonds is 2. The molecule has 0 radical (unpaired) electrons. The van der Waals surface area contributed by atoms with Crippen molar-refractivity contribution < 1.29 is 4.79 Å². The topological polar surface area (TPSA) is 41.1 Å². The van der Waals surface area contributed by atoms with Gasteiger partial charge in [-0.25, -0.2) is 0 Å². The Labute approximate surface area is 114 Å². The highest BCUT2D eigenvalue weighted by Gasteiger charge is 2.36. The third-order valence-corrected chi connectivity index (χ3v) is 4.29. The van der Waals surface area contributed by atoms with Crippen molar-refractivity contribution in [3.05, 3.63) is 48.2 Å². The Morgan fingerprint density at radius 2 is 1.79 bits per heavy atom. The van der Waals surface area contributed by atoms with Gasteiger partial charge in [-0.05, 0) is 37.4 Å². The molecule has 2 heterocycles. The lowest BCUT2D eigenvalue weighted by Crippen LogP contribution is -2.42. The molecule has 100 valence electrons. The average Bonchev–Trinajstić information content (AvgIpc) is 2.49. The highest BCUT2D eigenvalue weighted by Crippen LogP contribution is 2.37. The summed E-state index contributed by atoms with van der Waals surface area (Å²) in [6, 6.07) is 10.4. The second-order valence-corrected chi connectivity index (χ2v) is 5.42. The largest absolute Gasteiger partial charge is 0.333 e. The number of allylic oxidation sites excluding steroid dienone is 1. The molecule has 19 heavy (non-hydrogen) atoms. The summed E-state index contributed by atoms with van der Waals surface area (Å²) in [6.07, 6.45) is 6.13. The summed E-state index contributed by atoms with van der Waals surface area (Å²) in [7, 11) is 0. The van der Waals surface area contributed by atoms with Crippen LogP contribution in [0, 0.1) is 11.8 Å². The lowest BCUT2D eigenvalue weighted by molar-refractivity contribution is -0.127. The van der Waals surface area contributed by atoms with Crippen LogP contribution in [0.2, 0.25) is 0 Å². The Hall–Kier alpha value is -1.61. The van der Waals surface area contributed by atoms with Crippen molar-refractivity contribution in [2.45, 2.75) is 18.8 Å². The Morgan fingerprint density at radius 1 is 1.05 bits per heavy atom. The van der Waals surface area contributed by atoms with Crippen LogP contribution >= 0.6 is 0 Å². The first kappa shape index (κ1) is 12.4. The van der Waals surface area contributed by atoms with E-state index in [2.05, 4.69) is 41.0 Å². The number of benzene rings is 1. The van der Waals surface area contributed by atoms with Gasteiger partial charge in [-0.2, -0.15) is 0 Å². The third kappa shape index (κ3) is 2.56. The van der Waals surface area contributed by atoms with E-state index in [1.165, 1.54) is 5.56 Å². The normalized spacial score (nSPS) is 28.1. The fourth-order valence-corrected chi connectivity index (χ4v) is 3.32. The van der Waals surface area contributed by atoms with E-state index in [9.17, 15) is 4.79 Å². The molecular formula is C16H20N2O. The summed E-state index contributed by atoms with van der Waals surface area (Å²) in [5, 5.41) is 6.26. The SMILES string of the molecule is O=C1NC=CC(c2ccccc2)C1C1CCNCC1. The maximum atomic E-state index is 12.3. The number of carbonyl (C=O) groups is 1. The lowest BCUT2D eigenvalue weighted by atomic mass is 9.73. The predicted octanol–water partition coefficient (Wildman–Crippen LogP) is 2.03. The van der Waals surface area contributed by atoms with Gasteiger partial charge in [0, 0.05) is 12.1 Å². The number of carbonyl (C=O) groups excluding carboxylic acids is 1. The van der Waals surface area contributed by atoms with E-state index < -0.39 is 0 Å². The summed E-state index contributed by atoms with van der Waals surface area (Å²) in [6.45, 7) is 2.05. The molecule has 0 bridgehead atoms. The molecule has 1 aromatic rings. The Kier molecular flexibility index (Phi) is 3.65. The Morgan fingerprint density at radius 3 is 2.53 bits per heavy atom. The maximum absolute atomic E-state index is 12.3. The third-order valence-electron chi connectivity index (χ3n) is 4.29. The zero-order valence-corrected chi connectivity index (χ0v) is 11.0. The first-order valence-corrected chi connectivity index (χ1v) is 7.09. The van der Waals surface area contributed by atoms with Crippen LogP contribution in [-0.4, -0.2) is 19.0 Å². The van der Waals surface area contributed by atoms with Crippen molar-refractivity contribution in [2.75, 3.05) is 13.1 Å². The van der Waals surface area contributed by atoms with Gasteiger partial charge in [0.25, 0.3) is 0 Å². The molecule has 3 heteroatoms. The van der Waals surface area contributed by atoms with Crippen LogP contribution in [0.25, 0.3) is 0 Å². The molecule has 3 nitrogen and oxygen atoms in total. The highest BCUT2D eigenvalue weighted by atomic mass is 16.1. The molecule has 2 aliphatic rings.